The number of ether oxygens (including phenoxy) is 5. The highest BCUT2D eigenvalue weighted by Gasteiger charge is 2.60. The third kappa shape index (κ3) is 4.79. The van der Waals surface area contributed by atoms with E-state index in [0.717, 1.165) is 11.1 Å². The molecule has 1 unspecified atom stereocenters. The van der Waals surface area contributed by atoms with Crippen molar-refractivity contribution in [2.75, 3.05) is 14.2 Å². The van der Waals surface area contributed by atoms with Crippen LogP contribution in [0.5, 0.6) is 28.7 Å². The van der Waals surface area contributed by atoms with Crippen LogP contribution in [0.2, 0.25) is 0 Å². The van der Waals surface area contributed by atoms with Crippen LogP contribution in [0, 0.1) is 11.8 Å². The van der Waals surface area contributed by atoms with Gasteiger partial charge in [0.1, 0.15) is 17.2 Å². The summed E-state index contributed by atoms with van der Waals surface area (Å²) in [5.41, 5.74) is 2.98. The van der Waals surface area contributed by atoms with Crippen LogP contribution in [0.1, 0.15) is 29.9 Å². The molecule has 1 heterocycles. The van der Waals surface area contributed by atoms with Crippen molar-refractivity contribution < 1.29 is 38.4 Å². The number of aliphatic carboxylic acids is 1. The van der Waals surface area contributed by atoms with Crippen LogP contribution in [0.15, 0.2) is 91.0 Å². The Morgan fingerprint density at radius 3 is 1.90 bits per heavy atom. The average molecular weight is 567 g/mol. The highest BCUT2D eigenvalue weighted by Crippen LogP contribution is 2.60. The van der Waals surface area contributed by atoms with E-state index in [2.05, 4.69) is 0 Å². The second-order valence-electron chi connectivity index (χ2n) is 10.3. The summed E-state index contributed by atoms with van der Waals surface area (Å²) in [4.78, 5) is 26.8. The number of methoxy groups -OCH3 is 2. The lowest BCUT2D eigenvalue weighted by Gasteiger charge is -2.49. The quantitative estimate of drug-likeness (QED) is 0.196. The molecule has 214 valence electrons. The molecule has 1 N–H and O–H groups in total. The van der Waals surface area contributed by atoms with Gasteiger partial charge >= 0.3 is 11.9 Å². The maximum absolute atomic E-state index is 14.0. The van der Waals surface area contributed by atoms with Gasteiger partial charge in [-0.2, -0.15) is 0 Å². The standard InChI is InChI=1S/C34H30O8/c1-19-40-27-16-15-21(18-28(27)41-19)20-9-8-10-22(17-20)42-34(37)32-29(23-11-4-6-13-25(23)38-2)31(33(35)36)30(32)24-12-5-7-14-26(24)39-3/h4-19,29-32H,1-3H3,(H,35,36)/t19?,29-,30-,31-,32+/m0/s1. The molecule has 3 atom stereocenters. The molecule has 6 rings (SSSR count). The molecule has 8 nitrogen and oxygen atoms in total. The molecule has 0 saturated heterocycles. The molecular weight excluding hydrogens is 536 g/mol. The molecule has 1 aliphatic heterocycles. The number of fused-ring (bicyclic) bond motifs is 1. The third-order valence-corrected chi connectivity index (χ3v) is 8.02. The normalized spacial score (nSPS) is 22.1. The highest BCUT2D eigenvalue weighted by atomic mass is 16.7. The van der Waals surface area contributed by atoms with Gasteiger partial charge in [-0.1, -0.05) is 54.6 Å². The van der Waals surface area contributed by atoms with Crippen molar-refractivity contribution in [2.45, 2.75) is 25.0 Å². The van der Waals surface area contributed by atoms with Gasteiger partial charge in [0.25, 0.3) is 0 Å². The molecule has 42 heavy (non-hydrogen) atoms. The largest absolute Gasteiger partial charge is 0.496 e. The molecule has 0 amide bonds. The Hall–Kier alpha value is -4.98. The molecule has 0 spiro atoms. The number of esters is 1. The van der Waals surface area contributed by atoms with Crippen molar-refractivity contribution >= 4 is 11.9 Å². The fourth-order valence-corrected chi connectivity index (χ4v) is 6.19. The molecule has 0 radical (unpaired) electrons. The predicted octanol–water partition coefficient (Wildman–Crippen LogP) is 6.29. The molecule has 0 bridgehead atoms. The number of benzene rings is 4. The van der Waals surface area contributed by atoms with Crippen molar-refractivity contribution in [3.8, 4) is 39.9 Å². The lowest BCUT2D eigenvalue weighted by Crippen LogP contribution is -2.52. The summed E-state index contributed by atoms with van der Waals surface area (Å²) in [7, 11) is 3.06. The molecular formula is C34H30O8. The number of carbonyl (C=O) groups is 2. The summed E-state index contributed by atoms with van der Waals surface area (Å²) >= 11 is 0. The minimum atomic E-state index is -1.01. The summed E-state index contributed by atoms with van der Waals surface area (Å²) in [6.07, 6.45) is -0.355. The van der Waals surface area contributed by atoms with Gasteiger partial charge in [-0.3, -0.25) is 9.59 Å². The van der Waals surface area contributed by atoms with Gasteiger partial charge in [0.05, 0.1) is 26.1 Å². The van der Waals surface area contributed by atoms with Crippen LogP contribution < -0.4 is 23.7 Å². The van der Waals surface area contributed by atoms with E-state index in [1.165, 1.54) is 14.2 Å². The molecule has 4 aromatic carbocycles. The first-order valence-corrected chi connectivity index (χ1v) is 13.7. The van der Waals surface area contributed by atoms with E-state index in [-0.39, 0.29) is 6.29 Å². The van der Waals surface area contributed by atoms with Gasteiger partial charge in [0.2, 0.25) is 6.29 Å². The SMILES string of the molecule is COc1ccccc1[C@H]1[C@H](C(=O)O)[C@H](c2ccccc2OC)[C@@H]1C(=O)Oc1cccc(-c2ccc3c(c2)OC(C)O3)c1. The predicted molar refractivity (Wildman–Crippen MR) is 154 cm³/mol. The first-order valence-electron chi connectivity index (χ1n) is 13.7. The van der Waals surface area contributed by atoms with E-state index in [1.807, 2.05) is 55.5 Å². The summed E-state index contributed by atoms with van der Waals surface area (Å²) in [6, 6.07) is 27.2. The van der Waals surface area contributed by atoms with Gasteiger partial charge in [-0.15, -0.1) is 0 Å². The third-order valence-electron chi connectivity index (χ3n) is 8.02. The van der Waals surface area contributed by atoms with E-state index in [0.29, 0.717) is 39.9 Å². The number of hydrogen-bond acceptors (Lipinski definition) is 7. The minimum absolute atomic E-state index is 0.347. The molecule has 1 fully saturated rings. The fourth-order valence-electron chi connectivity index (χ4n) is 6.19. The Balaban J connectivity index is 1.36. The smallest absolute Gasteiger partial charge is 0.315 e. The van der Waals surface area contributed by atoms with Gasteiger partial charge in [-0.25, -0.2) is 0 Å². The van der Waals surface area contributed by atoms with Crippen LogP contribution in [0.25, 0.3) is 11.1 Å². The van der Waals surface area contributed by atoms with E-state index < -0.39 is 35.6 Å². The Bertz CT molecular complexity index is 1590. The second kappa shape index (κ2) is 11.1. The van der Waals surface area contributed by atoms with E-state index in [4.69, 9.17) is 23.7 Å². The van der Waals surface area contributed by atoms with E-state index in [9.17, 15) is 14.7 Å². The number of carboxylic acids is 1. The van der Waals surface area contributed by atoms with E-state index in [1.54, 1.807) is 42.5 Å². The number of hydrogen-bond donors (Lipinski definition) is 1. The molecule has 1 saturated carbocycles. The number of carbonyl (C=O) groups excluding carboxylic acids is 1. The van der Waals surface area contributed by atoms with Gasteiger partial charge in [0.15, 0.2) is 11.5 Å². The van der Waals surface area contributed by atoms with Crippen molar-refractivity contribution in [1.29, 1.82) is 0 Å². The van der Waals surface area contributed by atoms with Crippen LogP contribution in [-0.2, 0) is 9.59 Å². The molecule has 2 aliphatic rings. The number of rotatable bonds is 8. The zero-order valence-electron chi connectivity index (χ0n) is 23.4. The number of carboxylic acid groups (broad SMARTS) is 1. The lowest BCUT2D eigenvalue weighted by atomic mass is 9.52. The van der Waals surface area contributed by atoms with Gasteiger partial charge in [-0.05, 0) is 58.7 Å². The summed E-state index contributed by atoms with van der Waals surface area (Å²) in [5.74, 6) is -1.91. The second-order valence-corrected chi connectivity index (χ2v) is 10.3. The van der Waals surface area contributed by atoms with Crippen LogP contribution in [0.3, 0.4) is 0 Å². The van der Waals surface area contributed by atoms with Crippen molar-refractivity contribution in [1.82, 2.24) is 0 Å². The Labute approximate surface area is 243 Å². The summed E-state index contributed by atoms with van der Waals surface area (Å²) in [5, 5.41) is 10.4. The Morgan fingerprint density at radius 2 is 1.29 bits per heavy atom. The maximum atomic E-state index is 14.0. The summed E-state index contributed by atoms with van der Waals surface area (Å²) < 4.78 is 28.5. The van der Waals surface area contributed by atoms with Crippen molar-refractivity contribution in [3.63, 3.8) is 0 Å². The first-order chi connectivity index (χ1) is 20.4. The molecule has 4 aromatic rings. The van der Waals surface area contributed by atoms with Crippen LogP contribution >= 0.6 is 0 Å². The minimum Gasteiger partial charge on any atom is -0.496 e. The summed E-state index contributed by atoms with van der Waals surface area (Å²) in [6.45, 7) is 1.83. The Morgan fingerprint density at radius 1 is 0.690 bits per heavy atom. The fraction of sp³-hybridized carbons (Fsp3) is 0.235. The first kappa shape index (κ1) is 27.2. The zero-order chi connectivity index (χ0) is 29.4. The van der Waals surface area contributed by atoms with E-state index >= 15 is 0 Å². The zero-order valence-corrected chi connectivity index (χ0v) is 23.4. The monoisotopic (exact) mass is 566 g/mol. The molecule has 0 aromatic heterocycles. The average Bonchev–Trinajstić information content (AvgIpc) is 3.36. The molecule has 8 heteroatoms. The number of para-hydroxylation sites is 2. The Kier molecular flexibility index (Phi) is 7.20. The van der Waals surface area contributed by atoms with Crippen LogP contribution in [0.4, 0.5) is 0 Å². The maximum Gasteiger partial charge on any atom is 0.315 e. The van der Waals surface area contributed by atoms with Gasteiger partial charge < -0.3 is 28.8 Å². The van der Waals surface area contributed by atoms with Crippen LogP contribution in [-0.4, -0.2) is 37.6 Å². The highest BCUT2D eigenvalue weighted by molar-refractivity contribution is 5.86. The lowest BCUT2D eigenvalue weighted by molar-refractivity contribution is -0.158. The van der Waals surface area contributed by atoms with Crippen molar-refractivity contribution in [2.24, 2.45) is 11.8 Å². The van der Waals surface area contributed by atoms with Crippen molar-refractivity contribution in [3.05, 3.63) is 102 Å². The molecule has 1 aliphatic carbocycles. The van der Waals surface area contributed by atoms with Gasteiger partial charge in [0, 0.05) is 18.8 Å². The topological polar surface area (TPSA) is 101 Å².